The summed E-state index contributed by atoms with van der Waals surface area (Å²) in [6.45, 7) is 2.30. The van der Waals surface area contributed by atoms with Crippen molar-refractivity contribution in [3.05, 3.63) is 64.1 Å². The van der Waals surface area contributed by atoms with Gasteiger partial charge < -0.3 is 15.6 Å². The van der Waals surface area contributed by atoms with Crippen LogP contribution in [0.3, 0.4) is 0 Å². The highest BCUT2D eigenvalue weighted by atomic mass is 16.2. The van der Waals surface area contributed by atoms with E-state index in [0.29, 0.717) is 24.0 Å². The van der Waals surface area contributed by atoms with E-state index in [9.17, 15) is 14.4 Å². The number of carbonyl (C=O) groups excluding carboxylic acids is 2. The third-order valence-electron chi connectivity index (χ3n) is 5.81. The van der Waals surface area contributed by atoms with Crippen LogP contribution in [0.4, 0.5) is 5.69 Å². The summed E-state index contributed by atoms with van der Waals surface area (Å²) in [5.74, 6) is -0.229. The molecule has 2 aromatic carbocycles. The van der Waals surface area contributed by atoms with Crippen molar-refractivity contribution in [3.8, 4) is 0 Å². The molecule has 7 heteroatoms. The molecular weight excluding hydrogens is 392 g/mol. The first-order valence-electron chi connectivity index (χ1n) is 11.0. The molecule has 1 fully saturated rings. The van der Waals surface area contributed by atoms with Crippen molar-refractivity contribution in [3.63, 3.8) is 0 Å². The number of aromatic nitrogens is 2. The summed E-state index contributed by atoms with van der Waals surface area (Å²) in [5, 5.41) is 5.78. The molecule has 2 amide bonds. The number of imidazole rings is 1. The van der Waals surface area contributed by atoms with Gasteiger partial charge in [-0.1, -0.05) is 31.9 Å². The van der Waals surface area contributed by atoms with Crippen LogP contribution in [0.1, 0.15) is 67.4 Å². The molecule has 0 radical (unpaired) electrons. The van der Waals surface area contributed by atoms with Gasteiger partial charge in [0.2, 0.25) is 5.91 Å². The molecule has 0 unspecified atom stereocenters. The third kappa shape index (κ3) is 4.71. The third-order valence-corrected chi connectivity index (χ3v) is 5.81. The molecule has 162 valence electrons. The van der Waals surface area contributed by atoms with Crippen molar-refractivity contribution in [1.29, 1.82) is 0 Å². The number of carbonyl (C=O) groups is 2. The fourth-order valence-electron chi connectivity index (χ4n) is 4.29. The fourth-order valence-corrected chi connectivity index (χ4v) is 4.29. The zero-order chi connectivity index (χ0) is 21.8. The van der Waals surface area contributed by atoms with Crippen molar-refractivity contribution < 1.29 is 9.59 Å². The van der Waals surface area contributed by atoms with E-state index < -0.39 is 0 Å². The summed E-state index contributed by atoms with van der Waals surface area (Å²) in [4.78, 5) is 39.8. The van der Waals surface area contributed by atoms with Crippen LogP contribution in [-0.2, 0) is 11.3 Å². The first-order valence-corrected chi connectivity index (χ1v) is 11.0. The normalized spacial score (nSPS) is 14.1. The average Bonchev–Trinajstić information content (AvgIpc) is 3.38. The van der Waals surface area contributed by atoms with Crippen molar-refractivity contribution in [1.82, 2.24) is 14.9 Å². The Hall–Kier alpha value is -3.35. The van der Waals surface area contributed by atoms with Gasteiger partial charge in [-0.3, -0.25) is 14.2 Å². The SMILES string of the molecule is CCCC(=O)Nc1cccc(CNC(=O)c2ccc3c(c2)[nH]c(=O)n3C2CCCC2)c1. The second-order valence-electron chi connectivity index (χ2n) is 8.15. The van der Waals surface area contributed by atoms with Gasteiger partial charge >= 0.3 is 5.69 Å². The van der Waals surface area contributed by atoms with E-state index in [1.165, 1.54) is 0 Å². The highest BCUT2D eigenvalue weighted by Gasteiger charge is 2.21. The van der Waals surface area contributed by atoms with Gasteiger partial charge in [0.05, 0.1) is 11.0 Å². The molecule has 1 heterocycles. The maximum Gasteiger partial charge on any atom is 0.326 e. The summed E-state index contributed by atoms with van der Waals surface area (Å²) in [6.07, 6.45) is 5.61. The van der Waals surface area contributed by atoms with E-state index in [2.05, 4.69) is 15.6 Å². The largest absolute Gasteiger partial charge is 0.348 e. The van der Waals surface area contributed by atoms with Gasteiger partial charge in [0, 0.05) is 30.3 Å². The van der Waals surface area contributed by atoms with E-state index in [4.69, 9.17) is 0 Å². The Morgan fingerprint density at radius 3 is 2.71 bits per heavy atom. The molecule has 4 rings (SSSR count). The maximum atomic E-state index is 12.7. The second kappa shape index (κ2) is 9.20. The summed E-state index contributed by atoms with van der Waals surface area (Å²) >= 11 is 0. The molecule has 3 aromatic rings. The summed E-state index contributed by atoms with van der Waals surface area (Å²) in [7, 11) is 0. The van der Waals surface area contributed by atoms with Gasteiger partial charge in [0.15, 0.2) is 0 Å². The lowest BCUT2D eigenvalue weighted by Gasteiger charge is -2.11. The van der Waals surface area contributed by atoms with E-state index in [1.54, 1.807) is 12.1 Å². The fraction of sp³-hybridized carbons (Fsp3) is 0.375. The van der Waals surface area contributed by atoms with Crippen molar-refractivity contribution in [2.24, 2.45) is 0 Å². The molecule has 1 aliphatic rings. The molecule has 31 heavy (non-hydrogen) atoms. The van der Waals surface area contributed by atoms with Crippen molar-refractivity contribution in [2.75, 3.05) is 5.32 Å². The minimum absolute atomic E-state index is 0.0180. The average molecular weight is 421 g/mol. The summed E-state index contributed by atoms with van der Waals surface area (Å²) in [6, 6.07) is 13.0. The standard InChI is InChI=1S/C24H28N4O3/c1-2-6-22(29)26-18-8-5-7-16(13-18)15-25-23(30)17-11-12-21-20(14-17)27-24(31)28(21)19-9-3-4-10-19/h5,7-8,11-14,19H,2-4,6,9-10,15H2,1H3,(H,25,30)(H,26,29)(H,27,31). The van der Waals surface area contributed by atoms with E-state index in [0.717, 1.165) is 48.9 Å². The van der Waals surface area contributed by atoms with Crippen molar-refractivity contribution >= 4 is 28.5 Å². The Labute approximate surface area is 180 Å². The first kappa shape index (κ1) is 20.9. The number of benzene rings is 2. The van der Waals surface area contributed by atoms with Gasteiger partial charge in [0.25, 0.3) is 5.91 Å². The van der Waals surface area contributed by atoms with E-state index in [1.807, 2.05) is 41.8 Å². The smallest absolute Gasteiger partial charge is 0.326 e. The summed E-state index contributed by atoms with van der Waals surface area (Å²) < 4.78 is 1.84. The second-order valence-corrected chi connectivity index (χ2v) is 8.15. The number of H-pyrrole nitrogens is 1. The Bertz CT molecular complexity index is 1160. The number of hydrogen-bond acceptors (Lipinski definition) is 3. The van der Waals surface area contributed by atoms with Crippen LogP contribution >= 0.6 is 0 Å². The molecule has 0 bridgehead atoms. The van der Waals surface area contributed by atoms with E-state index in [-0.39, 0.29) is 23.5 Å². The highest BCUT2D eigenvalue weighted by Crippen LogP contribution is 2.30. The minimum atomic E-state index is -0.211. The molecule has 1 aromatic heterocycles. The number of hydrogen-bond donors (Lipinski definition) is 3. The maximum absolute atomic E-state index is 12.7. The van der Waals surface area contributed by atoms with Crippen LogP contribution in [-0.4, -0.2) is 21.4 Å². The first-order chi connectivity index (χ1) is 15.0. The molecule has 0 spiro atoms. The number of aromatic amines is 1. The predicted octanol–water partition coefficient (Wildman–Crippen LogP) is 4.11. The minimum Gasteiger partial charge on any atom is -0.348 e. The van der Waals surface area contributed by atoms with Crippen LogP contribution in [0, 0.1) is 0 Å². The van der Waals surface area contributed by atoms with Gasteiger partial charge in [-0.2, -0.15) is 0 Å². The van der Waals surface area contributed by atoms with Crippen LogP contribution in [0.2, 0.25) is 0 Å². The van der Waals surface area contributed by atoms with Crippen molar-refractivity contribution in [2.45, 2.75) is 58.0 Å². The zero-order valence-corrected chi connectivity index (χ0v) is 17.7. The predicted molar refractivity (Wildman–Crippen MR) is 121 cm³/mol. The van der Waals surface area contributed by atoms with Crippen LogP contribution in [0.25, 0.3) is 11.0 Å². The topological polar surface area (TPSA) is 96.0 Å². The van der Waals surface area contributed by atoms with Gasteiger partial charge in [0.1, 0.15) is 0 Å². The Kier molecular flexibility index (Phi) is 6.21. The molecule has 0 saturated heterocycles. The van der Waals surface area contributed by atoms with Crippen LogP contribution in [0.15, 0.2) is 47.3 Å². The lowest BCUT2D eigenvalue weighted by atomic mass is 10.1. The number of fused-ring (bicyclic) bond motifs is 1. The lowest BCUT2D eigenvalue weighted by molar-refractivity contribution is -0.116. The molecular formula is C24H28N4O3. The Morgan fingerprint density at radius 2 is 1.94 bits per heavy atom. The number of nitrogens with one attached hydrogen (secondary N) is 3. The summed E-state index contributed by atoms with van der Waals surface area (Å²) in [5.41, 5.74) is 3.54. The molecule has 1 saturated carbocycles. The Morgan fingerprint density at radius 1 is 1.13 bits per heavy atom. The van der Waals surface area contributed by atoms with Gasteiger partial charge in [-0.25, -0.2) is 4.79 Å². The van der Waals surface area contributed by atoms with Crippen LogP contribution in [0.5, 0.6) is 0 Å². The number of rotatable bonds is 7. The molecule has 7 nitrogen and oxygen atoms in total. The molecule has 0 aliphatic heterocycles. The van der Waals surface area contributed by atoms with Gasteiger partial charge in [-0.15, -0.1) is 0 Å². The van der Waals surface area contributed by atoms with E-state index >= 15 is 0 Å². The molecule has 1 aliphatic carbocycles. The lowest BCUT2D eigenvalue weighted by Crippen LogP contribution is -2.23. The highest BCUT2D eigenvalue weighted by molar-refractivity contribution is 5.97. The monoisotopic (exact) mass is 420 g/mol. The number of nitrogens with zero attached hydrogens (tertiary/aromatic N) is 1. The number of anilines is 1. The Balaban J connectivity index is 1.44. The molecule has 3 N–H and O–H groups in total. The number of amides is 2. The van der Waals surface area contributed by atoms with Crippen LogP contribution < -0.4 is 16.3 Å². The van der Waals surface area contributed by atoms with Gasteiger partial charge in [-0.05, 0) is 55.2 Å². The quantitative estimate of drug-likeness (QED) is 0.537. The molecule has 0 atom stereocenters. The zero-order valence-electron chi connectivity index (χ0n) is 17.7.